The predicted molar refractivity (Wildman–Crippen MR) is 126 cm³/mol. The maximum absolute atomic E-state index is 14.4. The van der Waals surface area contributed by atoms with Gasteiger partial charge in [-0.05, 0) is 23.0 Å². The molecule has 3 aromatic rings. The summed E-state index contributed by atoms with van der Waals surface area (Å²) in [4.78, 5) is -1.54. The normalized spacial score (nSPS) is 11.7. The molecule has 0 saturated carbocycles. The summed E-state index contributed by atoms with van der Waals surface area (Å²) in [7, 11) is 0. The van der Waals surface area contributed by atoms with Gasteiger partial charge in [-0.1, -0.05) is 52.0 Å². The van der Waals surface area contributed by atoms with E-state index in [2.05, 4.69) is 0 Å². The van der Waals surface area contributed by atoms with Gasteiger partial charge in [0.15, 0.2) is 46.5 Å². The minimum atomic E-state index is -1.46. The predicted octanol–water partition coefficient (Wildman–Crippen LogP) is 9.63. The van der Waals surface area contributed by atoms with Crippen LogP contribution in [-0.4, -0.2) is 0 Å². The third-order valence-electron chi connectivity index (χ3n) is 5.46. The lowest BCUT2D eigenvalue weighted by Crippen LogP contribution is -2.07. The van der Waals surface area contributed by atoms with E-state index in [0.29, 0.717) is 34.7 Å². The van der Waals surface area contributed by atoms with Crippen LogP contribution in [-0.2, 0) is 11.5 Å². The number of thioether (sulfide) groups is 2. The Morgan fingerprint density at radius 1 is 0.472 bits per heavy atom. The van der Waals surface area contributed by atoms with E-state index in [1.54, 1.807) is 24.3 Å². The smallest absolute Gasteiger partial charge is 0.175 e. The van der Waals surface area contributed by atoms with Gasteiger partial charge in [0.05, 0.1) is 9.79 Å². The topological polar surface area (TPSA) is 0 Å². The first kappa shape index (κ1) is 28.4. The zero-order valence-corrected chi connectivity index (χ0v) is 21.4. The fourth-order valence-electron chi connectivity index (χ4n) is 3.57. The molecule has 0 bridgehead atoms. The molecule has 0 atom stereocenters. The van der Waals surface area contributed by atoms with Gasteiger partial charge in [-0.15, -0.1) is 23.5 Å². The summed E-state index contributed by atoms with van der Waals surface area (Å²) < 4.78 is 114. The average Bonchev–Trinajstić information content (AvgIpc) is 2.82. The van der Waals surface area contributed by atoms with Gasteiger partial charge in [0.25, 0.3) is 0 Å². The summed E-state index contributed by atoms with van der Waals surface area (Å²) in [6.07, 6.45) is 0. The van der Waals surface area contributed by atoms with E-state index in [1.165, 1.54) is 27.7 Å². The van der Waals surface area contributed by atoms with Crippen LogP contribution in [0.1, 0.15) is 61.8 Å². The SMILES string of the molecule is CC(C)c1c(F)c(F)c(SCc2ccc(CSc3c(F)c(F)c(C(C)C)c(F)c3F)cc2)c(F)c1F. The summed E-state index contributed by atoms with van der Waals surface area (Å²) in [6.45, 7) is 5.68. The van der Waals surface area contributed by atoms with E-state index < -0.39 is 79.3 Å². The highest BCUT2D eigenvalue weighted by Gasteiger charge is 2.28. The molecule has 0 aliphatic heterocycles. The Bertz CT molecular complexity index is 1110. The van der Waals surface area contributed by atoms with E-state index in [0.717, 1.165) is 0 Å². The highest BCUT2D eigenvalue weighted by atomic mass is 32.2. The van der Waals surface area contributed by atoms with Crippen LogP contribution >= 0.6 is 23.5 Å². The third-order valence-corrected chi connectivity index (χ3v) is 7.71. The first-order valence-electron chi connectivity index (χ1n) is 10.9. The molecular formula is C26H22F8S2. The van der Waals surface area contributed by atoms with Crippen molar-refractivity contribution in [2.75, 3.05) is 0 Å². The van der Waals surface area contributed by atoms with Gasteiger partial charge in [0, 0.05) is 22.6 Å². The molecule has 0 unspecified atom stereocenters. The third kappa shape index (κ3) is 5.54. The van der Waals surface area contributed by atoms with Crippen LogP contribution in [0.25, 0.3) is 0 Å². The Kier molecular flexibility index (Phi) is 9.03. The molecule has 36 heavy (non-hydrogen) atoms. The fraction of sp³-hybridized carbons (Fsp3) is 0.308. The Hall–Kier alpha value is -2.20. The number of hydrogen-bond acceptors (Lipinski definition) is 2. The molecular weight excluding hydrogens is 528 g/mol. The molecule has 0 amide bonds. The Labute approximate surface area is 212 Å². The van der Waals surface area contributed by atoms with E-state index >= 15 is 0 Å². The average molecular weight is 551 g/mol. The highest BCUT2D eigenvalue weighted by Crippen LogP contribution is 2.37. The molecule has 10 heteroatoms. The standard InChI is InChI=1S/C26H22F8S2/c1-11(2)15-17(27)21(31)25(22(32)18(15)28)35-9-13-5-7-14(8-6-13)10-36-26-23(33)19(29)16(12(3)4)20(30)24(26)34/h5-8,11-12H,9-10H2,1-4H3. The van der Waals surface area contributed by atoms with Crippen LogP contribution < -0.4 is 0 Å². The van der Waals surface area contributed by atoms with Crippen molar-refractivity contribution in [2.45, 2.75) is 60.8 Å². The van der Waals surface area contributed by atoms with Crippen molar-refractivity contribution in [1.82, 2.24) is 0 Å². The molecule has 0 aliphatic carbocycles. The molecule has 0 aromatic heterocycles. The van der Waals surface area contributed by atoms with Crippen molar-refractivity contribution in [1.29, 1.82) is 0 Å². The minimum absolute atomic E-state index is 0.0164. The molecule has 0 nitrogen and oxygen atoms in total. The zero-order valence-electron chi connectivity index (χ0n) is 19.7. The van der Waals surface area contributed by atoms with Gasteiger partial charge < -0.3 is 0 Å². The molecule has 0 fully saturated rings. The summed E-state index contributed by atoms with van der Waals surface area (Å²) in [6, 6.07) is 6.24. The van der Waals surface area contributed by atoms with Gasteiger partial charge in [-0.3, -0.25) is 0 Å². The van der Waals surface area contributed by atoms with Gasteiger partial charge >= 0.3 is 0 Å². The van der Waals surface area contributed by atoms with Gasteiger partial charge in [0.2, 0.25) is 0 Å². The quantitative estimate of drug-likeness (QED) is 0.156. The van der Waals surface area contributed by atoms with Crippen LogP contribution in [0, 0.1) is 46.5 Å². The largest absolute Gasteiger partial charge is 0.203 e. The van der Waals surface area contributed by atoms with Crippen molar-refractivity contribution in [3.63, 3.8) is 0 Å². The number of rotatable bonds is 8. The fourth-order valence-corrected chi connectivity index (χ4v) is 5.44. The number of hydrogen-bond donors (Lipinski definition) is 0. The second-order valence-electron chi connectivity index (χ2n) is 8.70. The number of benzene rings is 3. The van der Waals surface area contributed by atoms with Crippen LogP contribution in [0.4, 0.5) is 35.1 Å². The summed E-state index contributed by atoms with van der Waals surface area (Å²) in [5.41, 5.74) is -0.195. The summed E-state index contributed by atoms with van der Waals surface area (Å²) >= 11 is 1.17. The van der Waals surface area contributed by atoms with Gasteiger partial charge in [-0.2, -0.15) is 0 Å². The molecule has 194 valence electrons. The van der Waals surface area contributed by atoms with Crippen molar-refractivity contribution in [2.24, 2.45) is 0 Å². The van der Waals surface area contributed by atoms with E-state index in [1.807, 2.05) is 0 Å². The van der Waals surface area contributed by atoms with Crippen molar-refractivity contribution < 1.29 is 35.1 Å². The van der Waals surface area contributed by atoms with E-state index in [4.69, 9.17) is 0 Å². The van der Waals surface area contributed by atoms with Gasteiger partial charge in [-0.25, -0.2) is 35.1 Å². The molecule has 0 spiro atoms. The first-order chi connectivity index (χ1) is 16.9. The molecule has 0 aliphatic rings. The molecule has 0 saturated heterocycles. The first-order valence-corrected chi connectivity index (χ1v) is 12.9. The summed E-state index contributed by atoms with van der Waals surface area (Å²) in [5.74, 6) is -13.0. The van der Waals surface area contributed by atoms with Crippen LogP contribution in [0.5, 0.6) is 0 Å². The monoisotopic (exact) mass is 550 g/mol. The second kappa shape index (κ2) is 11.5. The Balaban J connectivity index is 1.73. The Morgan fingerprint density at radius 2 is 0.722 bits per heavy atom. The van der Waals surface area contributed by atoms with Gasteiger partial charge in [0.1, 0.15) is 0 Å². The van der Waals surface area contributed by atoms with Crippen LogP contribution in [0.15, 0.2) is 34.1 Å². The Morgan fingerprint density at radius 3 is 0.944 bits per heavy atom. The summed E-state index contributed by atoms with van der Waals surface area (Å²) in [5, 5.41) is 0. The van der Waals surface area contributed by atoms with Crippen molar-refractivity contribution in [3.05, 3.63) is 93.1 Å². The molecule has 0 heterocycles. The lowest BCUT2D eigenvalue weighted by molar-refractivity contribution is 0.407. The lowest BCUT2D eigenvalue weighted by atomic mass is 10.0. The maximum atomic E-state index is 14.4. The lowest BCUT2D eigenvalue weighted by Gasteiger charge is -2.14. The zero-order chi connectivity index (χ0) is 26.9. The number of halogens is 8. The van der Waals surface area contributed by atoms with E-state index in [-0.39, 0.29) is 11.5 Å². The molecule has 0 N–H and O–H groups in total. The van der Waals surface area contributed by atoms with Crippen LogP contribution in [0.2, 0.25) is 0 Å². The van der Waals surface area contributed by atoms with E-state index in [9.17, 15) is 35.1 Å². The second-order valence-corrected chi connectivity index (χ2v) is 10.7. The molecule has 3 aromatic carbocycles. The minimum Gasteiger partial charge on any atom is -0.203 e. The molecule has 3 rings (SSSR count). The van der Waals surface area contributed by atoms with Crippen molar-refractivity contribution in [3.8, 4) is 0 Å². The highest BCUT2D eigenvalue weighted by molar-refractivity contribution is 7.98. The molecule has 0 radical (unpaired) electrons. The van der Waals surface area contributed by atoms with Crippen molar-refractivity contribution >= 4 is 23.5 Å². The van der Waals surface area contributed by atoms with Crippen LogP contribution in [0.3, 0.4) is 0 Å². The maximum Gasteiger partial charge on any atom is 0.175 e.